The largest absolute Gasteiger partial charge is 0.454 e. The van der Waals surface area contributed by atoms with Crippen molar-refractivity contribution < 1.29 is 49.3 Å². The SMILES string of the molecule is CC/C=C/C=C/C=C/C=C\CCCCCCC(O)C(=O)NC(COC1OC(CO)C(O)C(O)C1OC(=O)CCCCCCCCCC/C=C\C/C=C\C/C=C\CCCCC)C(O)/C=C/CCCCCCCCCCC. The second-order valence-corrected chi connectivity index (χ2v) is 20.4. The predicted octanol–water partition coefficient (Wildman–Crippen LogP) is 13.9. The number of carbonyl (C=O) groups is 2. The van der Waals surface area contributed by atoms with Crippen molar-refractivity contribution in [1.29, 1.82) is 0 Å². The molecular weight excluding hydrogens is 943 g/mol. The lowest BCUT2D eigenvalue weighted by atomic mass is 9.99. The molecule has 0 saturated carbocycles. The van der Waals surface area contributed by atoms with Crippen molar-refractivity contribution in [2.24, 2.45) is 0 Å². The number of ether oxygens (including phenoxy) is 3. The number of aliphatic hydroxyl groups is 5. The van der Waals surface area contributed by atoms with Gasteiger partial charge < -0.3 is 45.1 Å². The van der Waals surface area contributed by atoms with E-state index in [-0.39, 0.29) is 19.4 Å². The molecule has 6 N–H and O–H groups in total. The summed E-state index contributed by atoms with van der Waals surface area (Å²) in [5.41, 5.74) is 0. The molecule has 1 rings (SSSR count). The number of hydrogen-bond donors (Lipinski definition) is 6. The Labute approximate surface area is 456 Å². The first-order chi connectivity index (χ1) is 36.7. The van der Waals surface area contributed by atoms with E-state index in [2.05, 4.69) is 74.7 Å². The minimum atomic E-state index is -1.63. The summed E-state index contributed by atoms with van der Waals surface area (Å²) in [6.07, 6.45) is 57.3. The highest BCUT2D eigenvalue weighted by Crippen LogP contribution is 2.26. The van der Waals surface area contributed by atoms with Gasteiger partial charge in [0.25, 0.3) is 0 Å². The lowest BCUT2D eigenvalue weighted by Crippen LogP contribution is -2.61. The molecule has 0 aromatic rings. The molecule has 430 valence electrons. The molecular formula is C64H109NO10. The number of hydrogen-bond acceptors (Lipinski definition) is 10. The van der Waals surface area contributed by atoms with Gasteiger partial charge in [0.2, 0.25) is 5.91 Å². The van der Waals surface area contributed by atoms with Gasteiger partial charge in [0.05, 0.1) is 25.4 Å². The van der Waals surface area contributed by atoms with Crippen LogP contribution >= 0.6 is 0 Å². The summed E-state index contributed by atoms with van der Waals surface area (Å²) < 4.78 is 17.6. The number of allylic oxidation sites excluding steroid dienone is 15. The van der Waals surface area contributed by atoms with Crippen molar-refractivity contribution in [3.8, 4) is 0 Å². The van der Waals surface area contributed by atoms with Crippen molar-refractivity contribution in [2.75, 3.05) is 13.2 Å². The molecule has 0 aromatic carbocycles. The summed E-state index contributed by atoms with van der Waals surface area (Å²) in [5.74, 6) is -1.23. The van der Waals surface area contributed by atoms with Crippen LogP contribution in [0.25, 0.3) is 0 Å². The van der Waals surface area contributed by atoms with Gasteiger partial charge >= 0.3 is 5.97 Å². The average Bonchev–Trinajstić information content (AvgIpc) is 3.41. The Morgan fingerprint density at radius 1 is 0.547 bits per heavy atom. The van der Waals surface area contributed by atoms with Crippen LogP contribution in [0.5, 0.6) is 0 Å². The Balaban J connectivity index is 2.68. The summed E-state index contributed by atoms with van der Waals surface area (Å²) in [5, 5.41) is 56.8. The molecule has 1 saturated heterocycles. The van der Waals surface area contributed by atoms with Gasteiger partial charge in [0, 0.05) is 6.42 Å². The van der Waals surface area contributed by atoms with Crippen molar-refractivity contribution in [3.63, 3.8) is 0 Å². The van der Waals surface area contributed by atoms with Crippen LogP contribution in [0.15, 0.2) is 97.2 Å². The topological polar surface area (TPSA) is 175 Å². The number of unbranched alkanes of at least 4 members (excludes halogenated alkanes) is 24. The normalized spacial score (nSPS) is 19.9. The van der Waals surface area contributed by atoms with E-state index in [0.717, 1.165) is 103 Å². The molecule has 11 nitrogen and oxygen atoms in total. The summed E-state index contributed by atoms with van der Waals surface area (Å²) in [6, 6.07) is -1.04. The fraction of sp³-hybridized carbons (Fsp3) is 0.719. The number of esters is 1. The van der Waals surface area contributed by atoms with Gasteiger partial charge in [0.1, 0.15) is 24.4 Å². The van der Waals surface area contributed by atoms with Crippen molar-refractivity contribution in [3.05, 3.63) is 97.2 Å². The first-order valence-corrected chi connectivity index (χ1v) is 30.1. The Bertz CT molecular complexity index is 1580. The second-order valence-electron chi connectivity index (χ2n) is 20.4. The molecule has 1 fully saturated rings. The van der Waals surface area contributed by atoms with Crippen LogP contribution in [-0.2, 0) is 23.8 Å². The number of carbonyl (C=O) groups excluding carboxylic acids is 2. The fourth-order valence-corrected chi connectivity index (χ4v) is 8.78. The van der Waals surface area contributed by atoms with Gasteiger partial charge in [-0.05, 0) is 83.5 Å². The Hall–Kier alpha value is -3.42. The molecule has 0 bridgehead atoms. The van der Waals surface area contributed by atoms with Crippen molar-refractivity contribution in [1.82, 2.24) is 5.32 Å². The van der Waals surface area contributed by atoms with Crippen LogP contribution in [0.4, 0.5) is 0 Å². The third-order valence-electron chi connectivity index (χ3n) is 13.6. The maximum atomic E-state index is 13.4. The summed E-state index contributed by atoms with van der Waals surface area (Å²) in [6.45, 7) is 5.58. The predicted molar refractivity (Wildman–Crippen MR) is 310 cm³/mol. The summed E-state index contributed by atoms with van der Waals surface area (Å²) >= 11 is 0. The van der Waals surface area contributed by atoms with E-state index in [1.54, 1.807) is 6.08 Å². The Morgan fingerprint density at radius 2 is 1.01 bits per heavy atom. The minimum absolute atomic E-state index is 0.107. The first kappa shape index (κ1) is 69.6. The molecule has 1 aliphatic rings. The van der Waals surface area contributed by atoms with Gasteiger partial charge in [-0.25, -0.2) is 0 Å². The highest BCUT2D eigenvalue weighted by molar-refractivity contribution is 5.80. The van der Waals surface area contributed by atoms with E-state index >= 15 is 0 Å². The van der Waals surface area contributed by atoms with Crippen molar-refractivity contribution in [2.45, 2.75) is 282 Å². The second kappa shape index (κ2) is 51.3. The van der Waals surface area contributed by atoms with E-state index in [0.29, 0.717) is 12.8 Å². The first-order valence-electron chi connectivity index (χ1n) is 30.1. The summed E-state index contributed by atoms with van der Waals surface area (Å²) in [4.78, 5) is 26.5. The highest BCUT2D eigenvalue weighted by atomic mass is 16.7. The minimum Gasteiger partial charge on any atom is -0.454 e. The smallest absolute Gasteiger partial charge is 0.306 e. The molecule has 1 amide bonds. The van der Waals surface area contributed by atoms with E-state index in [1.807, 2.05) is 42.5 Å². The van der Waals surface area contributed by atoms with E-state index in [4.69, 9.17) is 14.2 Å². The standard InChI is InChI=1S/C64H109NO10/c1-4-7-10-13-16-19-22-24-26-27-28-29-30-31-32-34-37-40-43-46-49-52-59(69)75-62-61(71)60(70)58(53-66)74-64(62)73-54-55(56(67)50-47-44-41-38-35-21-18-15-12-9-6-3)65-63(72)57(68)51-48-45-42-39-36-33-25-23-20-17-14-11-8-5-2/h8,11,14,16-17,19-20,23-26,28-29,33,47,50,55-58,60-62,64,66-68,70-71H,4-7,9-10,12-13,15,18,21-22,27,30-32,34-46,48-49,51-54H2,1-3H3,(H,65,72)/b11-8+,17-14+,19-16-,23-20+,26-24-,29-28-,33-25-,50-47+. The molecule has 0 aromatic heterocycles. The summed E-state index contributed by atoms with van der Waals surface area (Å²) in [7, 11) is 0. The molecule has 0 aliphatic carbocycles. The van der Waals surface area contributed by atoms with Crippen LogP contribution < -0.4 is 5.32 Å². The average molecular weight is 1050 g/mol. The van der Waals surface area contributed by atoms with Gasteiger partial charge in [0.15, 0.2) is 12.4 Å². The van der Waals surface area contributed by atoms with Gasteiger partial charge in [-0.15, -0.1) is 0 Å². The number of amides is 1. The van der Waals surface area contributed by atoms with Crippen LogP contribution in [0.1, 0.15) is 233 Å². The van der Waals surface area contributed by atoms with Crippen molar-refractivity contribution >= 4 is 11.9 Å². The van der Waals surface area contributed by atoms with Gasteiger partial charge in [-0.2, -0.15) is 0 Å². The number of aliphatic hydroxyl groups excluding tert-OH is 5. The van der Waals surface area contributed by atoms with E-state index in [9.17, 15) is 35.1 Å². The third-order valence-corrected chi connectivity index (χ3v) is 13.6. The molecule has 0 radical (unpaired) electrons. The van der Waals surface area contributed by atoms with E-state index < -0.39 is 67.4 Å². The third kappa shape index (κ3) is 39.6. The van der Waals surface area contributed by atoms with Crippen LogP contribution in [0.2, 0.25) is 0 Å². The zero-order valence-corrected chi connectivity index (χ0v) is 47.4. The Morgan fingerprint density at radius 3 is 1.59 bits per heavy atom. The molecule has 1 aliphatic heterocycles. The number of rotatable bonds is 49. The van der Waals surface area contributed by atoms with Crippen LogP contribution in [-0.4, -0.2) is 99.6 Å². The maximum absolute atomic E-state index is 13.4. The Kier molecular flexibility index (Phi) is 47.6. The molecule has 0 spiro atoms. The van der Waals surface area contributed by atoms with E-state index in [1.165, 1.54) is 83.5 Å². The quantitative estimate of drug-likeness (QED) is 0.0149. The number of nitrogens with one attached hydrogen (secondary N) is 1. The van der Waals surface area contributed by atoms with Gasteiger partial charge in [-0.3, -0.25) is 9.59 Å². The molecule has 75 heavy (non-hydrogen) atoms. The lowest BCUT2D eigenvalue weighted by molar-refractivity contribution is -0.305. The molecule has 1 heterocycles. The monoisotopic (exact) mass is 1050 g/mol. The fourth-order valence-electron chi connectivity index (χ4n) is 8.78. The van der Waals surface area contributed by atoms with Crippen LogP contribution in [0.3, 0.4) is 0 Å². The zero-order valence-electron chi connectivity index (χ0n) is 47.4. The molecule has 11 heteroatoms. The highest BCUT2D eigenvalue weighted by Gasteiger charge is 2.47. The molecule has 8 unspecified atom stereocenters. The van der Waals surface area contributed by atoms with Gasteiger partial charge in [-0.1, -0.05) is 240 Å². The maximum Gasteiger partial charge on any atom is 0.306 e. The zero-order chi connectivity index (χ0) is 54.7. The molecule has 8 atom stereocenters. The van der Waals surface area contributed by atoms with Crippen LogP contribution in [0, 0.1) is 0 Å². The lowest BCUT2D eigenvalue weighted by Gasteiger charge is -2.41.